The van der Waals surface area contributed by atoms with Crippen LogP contribution in [0.1, 0.15) is 63.7 Å². The van der Waals surface area contributed by atoms with Crippen molar-refractivity contribution >= 4 is 27.5 Å². The normalized spacial score (nSPS) is 17.5. The van der Waals surface area contributed by atoms with Crippen LogP contribution in [0, 0.1) is 11.3 Å². The Morgan fingerprint density at radius 2 is 2.12 bits per heavy atom. The standard InChI is InChI=1S/C20H29N3O2S/c1-11(2)21-16(24)9-8-15-22-18(25)17-13-7-6-12(20(3,4)5)10-14(13)26-19(17)23-15/h11-12H,6-10H2,1-5H3,(H,21,24)(H,22,23,25)/t12-/m0/s1. The first-order valence-corrected chi connectivity index (χ1v) is 10.3. The van der Waals surface area contributed by atoms with Gasteiger partial charge in [0.15, 0.2) is 0 Å². The molecule has 3 rings (SSSR count). The molecule has 0 saturated carbocycles. The number of aromatic amines is 1. The summed E-state index contributed by atoms with van der Waals surface area (Å²) in [6.45, 7) is 10.8. The summed E-state index contributed by atoms with van der Waals surface area (Å²) in [6.07, 6.45) is 3.91. The molecule has 0 spiro atoms. The molecule has 0 aliphatic heterocycles. The van der Waals surface area contributed by atoms with Crippen molar-refractivity contribution in [2.75, 3.05) is 0 Å². The number of hydrogen-bond donors (Lipinski definition) is 2. The highest BCUT2D eigenvalue weighted by Crippen LogP contribution is 2.41. The Balaban J connectivity index is 1.84. The van der Waals surface area contributed by atoms with E-state index in [1.807, 2.05) is 13.8 Å². The number of thiophene rings is 1. The van der Waals surface area contributed by atoms with Crippen molar-refractivity contribution in [2.24, 2.45) is 11.3 Å². The number of hydrogen-bond acceptors (Lipinski definition) is 4. The molecule has 142 valence electrons. The quantitative estimate of drug-likeness (QED) is 0.857. The largest absolute Gasteiger partial charge is 0.354 e. The van der Waals surface area contributed by atoms with Crippen molar-refractivity contribution in [2.45, 2.75) is 72.8 Å². The van der Waals surface area contributed by atoms with Gasteiger partial charge < -0.3 is 10.3 Å². The molecule has 2 aromatic heterocycles. The second kappa shape index (κ2) is 7.14. The number of H-pyrrole nitrogens is 1. The molecule has 1 aliphatic rings. The SMILES string of the molecule is CC(C)NC(=O)CCc1nc2sc3c(c2c(=O)[nH]1)CC[C@H](C(C)(C)C)C3. The molecule has 1 atom stereocenters. The van der Waals surface area contributed by atoms with Gasteiger partial charge in [-0.05, 0) is 50.0 Å². The smallest absolute Gasteiger partial charge is 0.259 e. The second-order valence-corrected chi connectivity index (χ2v) is 9.81. The third kappa shape index (κ3) is 4.00. The molecule has 6 heteroatoms. The lowest BCUT2D eigenvalue weighted by Gasteiger charge is -2.33. The maximum atomic E-state index is 12.6. The van der Waals surface area contributed by atoms with Crippen LogP contribution in [-0.4, -0.2) is 21.9 Å². The summed E-state index contributed by atoms with van der Waals surface area (Å²) in [4.78, 5) is 34.2. The van der Waals surface area contributed by atoms with E-state index >= 15 is 0 Å². The minimum atomic E-state index is -0.0547. The molecule has 5 nitrogen and oxygen atoms in total. The van der Waals surface area contributed by atoms with Crippen LogP contribution in [0.3, 0.4) is 0 Å². The molecule has 2 N–H and O–H groups in total. The maximum Gasteiger partial charge on any atom is 0.259 e. The number of fused-ring (bicyclic) bond motifs is 3. The second-order valence-electron chi connectivity index (χ2n) is 8.72. The lowest BCUT2D eigenvalue weighted by Crippen LogP contribution is -2.30. The fourth-order valence-corrected chi connectivity index (χ4v) is 5.03. The van der Waals surface area contributed by atoms with E-state index in [1.54, 1.807) is 11.3 Å². The Morgan fingerprint density at radius 3 is 2.77 bits per heavy atom. The van der Waals surface area contributed by atoms with Gasteiger partial charge in [0, 0.05) is 23.8 Å². The van der Waals surface area contributed by atoms with E-state index < -0.39 is 0 Å². The third-order valence-corrected chi connectivity index (χ3v) is 6.38. The number of rotatable bonds is 4. The predicted molar refractivity (Wildman–Crippen MR) is 107 cm³/mol. The van der Waals surface area contributed by atoms with Gasteiger partial charge in [0.1, 0.15) is 10.7 Å². The Labute approximate surface area is 158 Å². The van der Waals surface area contributed by atoms with Gasteiger partial charge in [-0.2, -0.15) is 0 Å². The van der Waals surface area contributed by atoms with Crippen LogP contribution in [-0.2, 0) is 24.1 Å². The van der Waals surface area contributed by atoms with Crippen LogP contribution in [0.15, 0.2) is 4.79 Å². The fourth-order valence-electron chi connectivity index (χ4n) is 3.71. The van der Waals surface area contributed by atoms with Crippen molar-refractivity contribution in [3.05, 3.63) is 26.6 Å². The van der Waals surface area contributed by atoms with Crippen molar-refractivity contribution in [1.82, 2.24) is 15.3 Å². The monoisotopic (exact) mass is 375 g/mol. The number of amides is 1. The maximum absolute atomic E-state index is 12.6. The molecule has 2 aromatic rings. The van der Waals surface area contributed by atoms with Gasteiger partial charge in [-0.25, -0.2) is 4.98 Å². The van der Waals surface area contributed by atoms with E-state index in [0.717, 1.165) is 29.5 Å². The number of nitrogens with one attached hydrogen (secondary N) is 2. The Hall–Kier alpha value is -1.69. The number of aryl methyl sites for hydroxylation is 2. The average molecular weight is 376 g/mol. The molecule has 2 heterocycles. The molecule has 0 fully saturated rings. The fraction of sp³-hybridized carbons (Fsp3) is 0.650. The van der Waals surface area contributed by atoms with Gasteiger partial charge in [-0.15, -0.1) is 11.3 Å². The lowest BCUT2D eigenvalue weighted by atomic mass is 9.72. The Bertz CT molecular complexity index is 874. The summed E-state index contributed by atoms with van der Waals surface area (Å²) in [5, 5.41) is 3.64. The molecule has 26 heavy (non-hydrogen) atoms. The molecule has 0 radical (unpaired) electrons. The van der Waals surface area contributed by atoms with Crippen molar-refractivity contribution in [3.8, 4) is 0 Å². The number of nitrogens with zero attached hydrogens (tertiary/aromatic N) is 1. The zero-order chi connectivity index (χ0) is 19.1. The first kappa shape index (κ1) is 19.1. The van der Waals surface area contributed by atoms with Gasteiger partial charge in [0.2, 0.25) is 5.91 Å². The van der Waals surface area contributed by atoms with Crippen LogP contribution < -0.4 is 10.9 Å². The van der Waals surface area contributed by atoms with E-state index in [2.05, 4.69) is 36.1 Å². The molecular weight excluding hydrogens is 346 g/mol. The molecule has 0 bridgehead atoms. The average Bonchev–Trinajstić information content (AvgIpc) is 2.89. The molecular formula is C20H29N3O2S. The summed E-state index contributed by atoms with van der Waals surface area (Å²) in [7, 11) is 0. The van der Waals surface area contributed by atoms with E-state index in [9.17, 15) is 9.59 Å². The summed E-state index contributed by atoms with van der Waals surface area (Å²) >= 11 is 1.66. The minimum Gasteiger partial charge on any atom is -0.354 e. The Kier molecular flexibility index (Phi) is 5.24. The lowest BCUT2D eigenvalue weighted by molar-refractivity contribution is -0.121. The molecule has 1 aliphatic carbocycles. The van der Waals surface area contributed by atoms with Gasteiger partial charge in [-0.3, -0.25) is 9.59 Å². The van der Waals surface area contributed by atoms with Crippen LogP contribution in [0.4, 0.5) is 0 Å². The zero-order valence-corrected chi connectivity index (χ0v) is 17.2. The number of carbonyl (C=O) groups excluding carboxylic acids is 1. The predicted octanol–water partition coefficient (Wildman–Crippen LogP) is 3.59. The van der Waals surface area contributed by atoms with Crippen molar-refractivity contribution < 1.29 is 4.79 Å². The van der Waals surface area contributed by atoms with Gasteiger partial charge >= 0.3 is 0 Å². The summed E-state index contributed by atoms with van der Waals surface area (Å²) < 4.78 is 0. The third-order valence-electron chi connectivity index (χ3n) is 5.23. The van der Waals surface area contributed by atoms with E-state index in [0.29, 0.717) is 24.6 Å². The Morgan fingerprint density at radius 1 is 1.38 bits per heavy atom. The molecule has 1 amide bonds. The van der Waals surface area contributed by atoms with Gasteiger partial charge in [-0.1, -0.05) is 20.8 Å². The zero-order valence-electron chi connectivity index (χ0n) is 16.4. The molecule has 0 unspecified atom stereocenters. The minimum absolute atomic E-state index is 0.0127. The van der Waals surface area contributed by atoms with Crippen LogP contribution >= 0.6 is 11.3 Å². The van der Waals surface area contributed by atoms with E-state index in [-0.39, 0.29) is 22.9 Å². The van der Waals surface area contributed by atoms with Crippen LogP contribution in [0.2, 0.25) is 0 Å². The highest BCUT2D eigenvalue weighted by Gasteiger charge is 2.31. The number of carbonyl (C=O) groups is 1. The summed E-state index contributed by atoms with van der Waals surface area (Å²) in [5.41, 5.74) is 1.42. The number of aromatic nitrogens is 2. The highest BCUT2D eigenvalue weighted by atomic mass is 32.1. The van der Waals surface area contributed by atoms with E-state index in [4.69, 9.17) is 0 Å². The van der Waals surface area contributed by atoms with Gasteiger partial charge in [0.25, 0.3) is 5.56 Å². The van der Waals surface area contributed by atoms with Crippen molar-refractivity contribution in [3.63, 3.8) is 0 Å². The first-order valence-electron chi connectivity index (χ1n) is 9.48. The summed E-state index contributed by atoms with van der Waals surface area (Å²) in [5.74, 6) is 1.23. The highest BCUT2D eigenvalue weighted by molar-refractivity contribution is 7.18. The van der Waals surface area contributed by atoms with Gasteiger partial charge in [0.05, 0.1) is 5.39 Å². The topological polar surface area (TPSA) is 74.8 Å². The molecule has 0 aromatic carbocycles. The summed E-state index contributed by atoms with van der Waals surface area (Å²) in [6, 6.07) is 0.122. The molecule has 0 saturated heterocycles. The van der Waals surface area contributed by atoms with Crippen LogP contribution in [0.5, 0.6) is 0 Å². The first-order chi connectivity index (χ1) is 12.1. The van der Waals surface area contributed by atoms with Crippen LogP contribution in [0.25, 0.3) is 10.2 Å². The van der Waals surface area contributed by atoms with Crippen molar-refractivity contribution in [1.29, 1.82) is 0 Å². The van der Waals surface area contributed by atoms with E-state index in [1.165, 1.54) is 10.4 Å².